The first-order chi connectivity index (χ1) is 9.15. The molecule has 2 aliphatic heterocycles. The second kappa shape index (κ2) is 4.70. The monoisotopic (exact) mass is 262 g/mol. The number of pyridine rings is 1. The zero-order chi connectivity index (χ0) is 13.4. The molecule has 0 amide bonds. The van der Waals surface area contributed by atoms with Crippen LogP contribution < -0.4 is 11.1 Å². The summed E-state index contributed by atoms with van der Waals surface area (Å²) in [4.78, 5) is 17.5. The molecule has 6 nitrogen and oxygen atoms in total. The van der Waals surface area contributed by atoms with Crippen LogP contribution in [0.5, 0.6) is 0 Å². The smallest absolute Gasteiger partial charge is 0.354 e. The predicted octanol–water partition coefficient (Wildman–Crippen LogP) is 1.01. The van der Waals surface area contributed by atoms with Crippen molar-refractivity contribution in [2.45, 2.75) is 31.3 Å². The zero-order valence-corrected chi connectivity index (χ0v) is 10.7. The Morgan fingerprint density at radius 2 is 2.26 bits per heavy atom. The van der Waals surface area contributed by atoms with Gasteiger partial charge in [0, 0.05) is 18.6 Å². The SMILES string of the molecule is Nc1ccc(C(=O)O)nc1NC1CCN2CCCC12. The lowest BCUT2D eigenvalue weighted by atomic mass is 10.1. The quantitative estimate of drug-likeness (QED) is 0.753. The van der Waals surface area contributed by atoms with Crippen LogP contribution in [-0.4, -0.2) is 46.1 Å². The number of aromatic nitrogens is 1. The second-order valence-electron chi connectivity index (χ2n) is 5.22. The van der Waals surface area contributed by atoms with Gasteiger partial charge in [-0.1, -0.05) is 0 Å². The molecule has 2 atom stereocenters. The maximum Gasteiger partial charge on any atom is 0.354 e. The molecule has 2 aliphatic rings. The lowest BCUT2D eigenvalue weighted by Crippen LogP contribution is -2.34. The van der Waals surface area contributed by atoms with Gasteiger partial charge >= 0.3 is 5.97 Å². The number of carboxylic acids is 1. The summed E-state index contributed by atoms with van der Waals surface area (Å²) in [5.74, 6) is -0.532. The molecule has 1 aromatic heterocycles. The number of nitrogens with zero attached hydrogens (tertiary/aromatic N) is 2. The van der Waals surface area contributed by atoms with Crippen LogP contribution in [0.4, 0.5) is 11.5 Å². The molecule has 2 fully saturated rings. The fourth-order valence-corrected chi connectivity index (χ4v) is 3.13. The van der Waals surface area contributed by atoms with Crippen molar-refractivity contribution in [2.24, 2.45) is 0 Å². The molecule has 1 aromatic rings. The first-order valence-electron chi connectivity index (χ1n) is 6.65. The van der Waals surface area contributed by atoms with E-state index in [9.17, 15) is 4.79 Å². The topological polar surface area (TPSA) is 91.5 Å². The number of nitrogen functional groups attached to an aromatic ring is 1. The van der Waals surface area contributed by atoms with Gasteiger partial charge in [0.15, 0.2) is 5.69 Å². The molecule has 19 heavy (non-hydrogen) atoms. The van der Waals surface area contributed by atoms with Crippen LogP contribution in [0.25, 0.3) is 0 Å². The molecule has 0 radical (unpaired) electrons. The van der Waals surface area contributed by atoms with Crippen LogP contribution in [0.3, 0.4) is 0 Å². The van der Waals surface area contributed by atoms with Crippen molar-refractivity contribution in [3.8, 4) is 0 Å². The van der Waals surface area contributed by atoms with Crippen molar-refractivity contribution in [1.29, 1.82) is 0 Å². The minimum absolute atomic E-state index is 0.0259. The van der Waals surface area contributed by atoms with E-state index in [-0.39, 0.29) is 5.69 Å². The molecule has 6 heteroatoms. The third-order valence-corrected chi connectivity index (χ3v) is 4.07. The van der Waals surface area contributed by atoms with E-state index in [0.717, 1.165) is 13.0 Å². The molecule has 2 unspecified atom stereocenters. The largest absolute Gasteiger partial charge is 0.477 e. The van der Waals surface area contributed by atoms with Gasteiger partial charge in [-0.25, -0.2) is 9.78 Å². The van der Waals surface area contributed by atoms with Crippen LogP contribution in [0, 0.1) is 0 Å². The summed E-state index contributed by atoms with van der Waals surface area (Å²) >= 11 is 0. The molecule has 3 rings (SSSR count). The third-order valence-electron chi connectivity index (χ3n) is 4.07. The molecule has 0 saturated carbocycles. The average Bonchev–Trinajstić information content (AvgIpc) is 2.96. The summed E-state index contributed by atoms with van der Waals surface area (Å²) in [6.45, 7) is 2.27. The van der Waals surface area contributed by atoms with Gasteiger partial charge in [0.2, 0.25) is 0 Å². The van der Waals surface area contributed by atoms with E-state index in [1.807, 2.05) is 0 Å². The fraction of sp³-hybridized carbons (Fsp3) is 0.538. The Bertz CT molecular complexity index is 505. The van der Waals surface area contributed by atoms with Gasteiger partial charge in [-0.15, -0.1) is 0 Å². The van der Waals surface area contributed by atoms with Crippen molar-refractivity contribution >= 4 is 17.5 Å². The van der Waals surface area contributed by atoms with Gasteiger partial charge in [0.05, 0.1) is 5.69 Å². The van der Waals surface area contributed by atoms with E-state index in [0.29, 0.717) is 23.6 Å². The zero-order valence-electron chi connectivity index (χ0n) is 10.7. The van der Waals surface area contributed by atoms with Crippen LogP contribution in [0.1, 0.15) is 29.8 Å². The van der Waals surface area contributed by atoms with E-state index in [4.69, 9.17) is 10.8 Å². The van der Waals surface area contributed by atoms with Crippen molar-refractivity contribution in [3.05, 3.63) is 17.8 Å². The van der Waals surface area contributed by atoms with Gasteiger partial charge in [0.25, 0.3) is 0 Å². The summed E-state index contributed by atoms with van der Waals surface area (Å²) in [5, 5.41) is 12.3. The minimum atomic E-state index is -1.03. The lowest BCUT2D eigenvalue weighted by molar-refractivity contribution is 0.0690. The first kappa shape index (κ1) is 12.2. The van der Waals surface area contributed by atoms with Crippen molar-refractivity contribution in [1.82, 2.24) is 9.88 Å². The maximum absolute atomic E-state index is 10.9. The highest BCUT2D eigenvalue weighted by Gasteiger charge is 2.37. The molecule has 0 aliphatic carbocycles. The van der Waals surface area contributed by atoms with Crippen molar-refractivity contribution in [3.63, 3.8) is 0 Å². The number of aromatic carboxylic acids is 1. The van der Waals surface area contributed by atoms with Crippen molar-refractivity contribution in [2.75, 3.05) is 24.1 Å². The number of hydrogen-bond donors (Lipinski definition) is 3. The molecule has 0 bridgehead atoms. The van der Waals surface area contributed by atoms with Crippen LogP contribution in [-0.2, 0) is 0 Å². The van der Waals surface area contributed by atoms with Crippen LogP contribution >= 0.6 is 0 Å². The average molecular weight is 262 g/mol. The Balaban J connectivity index is 1.79. The number of rotatable bonds is 3. The fourth-order valence-electron chi connectivity index (χ4n) is 3.13. The summed E-state index contributed by atoms with van der Waals surface area (Å²) in [7, 11) is 0. The third kappa shape index (κ3) is 2.23. The Morgan fingerprint density at radius 1 is 1.42 bits per heavy atom. The number of fused-ring (bicyclic) bond motifs is 1. The summed E-state index contributed by atoms with van der Waals surface area (Å²) in [6.07, 6.45) is 3.49. The van der Waals surface area contributed by atoms with Gasteiger partial charge in [-0.05, 0) is 37.9 Å². The lowest BCUT2D eigenvalue weighted by Gasteiger charge is -2.22. The summed E-state index contributed by atoms with van der Waals surface area (Å²) < 4.78 is 0. The Morgan fingerprint density at radius 3 is 3.05 bits per heavy atom. The van der Waals surface area contributed by atoms with E-state index in [1.54, 1.807) is 6.07 Å². The molecule has 4 N–H and O–H groups in total. The highest BCUT2D eigenvalue weighted by molar-refractivity contribution is 5.86. The number of hydrogen-bond acceptors (Lipinski definition) is 5. The maximum atomic E-state index is 10.9. The van der Waals surface area contributed by atoms with Crippen molar-refractivity contribution < 1.29 is 9.90 Å². The van der Waals surface area contributed by atoms with E-state index < -0.39 is 5.97 Å². The Labute approximate surface area is 111 Å². The minimum Gasteiger partial charge on any atom is -0.477 e. The summed E-state index contributed by atoms with van der Waals surface area (Å²) in [5.41, 5.74) is 6.40. The van der Waals surface area contributed by atoms with E-state index >= 15 is 0 Å². The van der Waals surface area contributed by atoms with Crippen LogP contribution in [0.2, 0.25) is 0 Å². The number of carboxylic acid groups (broad SMARTS) is 1. The van der Waals surface area contributed by atoms with E-state index in [1.165, 1.54) is 25.5 Å². The standard InChI is InChI=1S/C13H18N4O2/c14-8-3-4-10(13(18)19)16-12(8)15-9-5-7-17-6-1-2-11(9)17/h3-4,9,11H,1-2,5-7,14H2,(H,15,16)(H,18,19). The molecular weight excluding hydrogens is 244 g/mol. The molecule has 102 valence electrons. The van der Waals surface area contributed by atoms with E-state index in [2.05, 4.69) is 15.2 Å². The van der Waals surface area contributed by atoms with Gasteiger partial charge in [-0.3, -0.25) is 4.90 Å². The molecule has 0 aromatic carbocycles. The highest BCUT2D eigenvalue weighted by Crippen LogP contribution is 2.30. The molecule has 2 saturated heterocycles. The predicted molar refractivity (Wildman–Crippen MR) is 72.2 cm³/mol. The van der Waals surface area contributed by atoms with Crippen LogP contribution in [0.15, 0.2) is 12.1 Å². The van der Waals surface area contributed by atoms with Gasteiger partial charge < -0.3 is 16.2 Å². The molecule has 3 heterocycles. The second-order valence-corrected chi connectivity index (χ2v) is 5.22. The number of nitrogens with one attached hydrogen (secondary N) is 1. The highest BCUT2D eigenvalue weighted by atomic mass is 16.4. The van der Waals surface area contributed by atoms with Gasteiger partial charge in [0.1, 0.15) is 5.82 Å². The van der Waals surface area contributed by atoms with Gasteiger partial charge in [-0.2, -0.15) is 0 Å². The normalized spacial score (nSPS) is 26.3. The number of anilines is 2. The number of nitrogens with two attached hydrogens (primary N) is 1. The first-order valence-corrected chi connectivity index (χ1v) is 6.65. The Kier molecular flexibility index (Phi) is 3.02. The molecule has 0 spiro atoms. The molecular formula is C13H18N4O2. The number of carbonyl (C=O) groups is 1. The Hall–Kier alpha value is -1.82. The summed E-state index contributed by atoms with van der Waals surface area (Å²) in [6, 6.07) is 3.88.